The molecule has 6 heteroatoms. The second-order valence-corrected chi connectivity index (χ2v) is 4.11. The van der Waals surface area contributed by atoms with Gasteiger partial charge >= 0.3 is 0 Å². The fourth-order valence-corrected chi connectivity index (χ4v) is 1.67. The van der Waals surface area contributed by atoms with Crippen LogP contribution in [0.2, 0.25) is 0 Å². The fourth-order valence-electron chi connectivity index (χ4n) is 0.593. The molecule has 0 rings (SSSR count). The molecule has 0 saturated carbocycles. The molecule has 0 amide bonds. The molecule has 12 heavy (non-hydrogen) atoms. The van der Waals surface area contributed by atoms with Crippen LogP contribution in [0, 0.1) is 11.3 Å². The van der Waals surface area contributed by atoms with E-state index in [1.165, 1.54) is 0 Å². The third kappa shape index (κ3) is 6.09. The summed E-state index contributed by atoms with van der Waals surface area (Å²) < 4.78 is 26.5. The molecule has 0 heterocycles. The first-order valence-corrected chi connectivity index (χ1v) is 5.10. The summed E-state index contributed by atoms with van der Waals surface area (Å²) in [7, 11) is -3.40. The van der Waals surface area contributed by atoms with Crippen LogP contribution in [-0.2, 0) is 10.2 Å². The highest BCUT2D eigenvalue weighted by Gasteiger charge is 2.08. The second kappa shape index (κ2) is 5.09. The lowest BCUT2D eigenvalue weighted by Gasteiger charge is -2.08. The molecule has 0 fully saturated rings. The largest absolute Gasteiger partial charge is 0.277 e. The van der Waals surface area contributed by atoms with Crippen molar-refractivity contribution in [3.05, 3.63) is 0 Å². The van der Waals surface area contributed by atoms with Gasteiger partial charge in [0.1, 0.15) is 0 Å². The average molecular weight is 191 g/mol. The molecule has 0 aromatic carbocycles. The Hall–Kier alpha value is -0.640. The molecule has 0 radical (unpaired) electrons. The zero-order chi connectivity index (χ0) is 9.61. The predicted octanol–water partition coefficient (Wildman–Crippen LogP) is -0.268. The Morgan fingerprint density at radius 2 is 2.08 bits per heavy atom. The van der Waals surface area contributed by atoms with E-state index in [4.69, 9.17) is 5.26 Å². The van der Waals surface area contributed by atoms with Crippen molar-refractivity contribution < 1.29 is 8.42 Å². The maximum absolute atomic E-state index is 11.0. The summed E-state index contributed by atoms with van der Waals surface area (Å²) in [6.07, 6.45) is 0.180. The minimum absolute atomic E-state index is 0.135. The van der Waals surface area contributed by atoms with E-state index in [9.17, 15) is 8.42 Å². The normalized spacial score (nSPS) is 11.5. The molecule has 0 bridgehead atoms. The lowest BCUT2D eigenvalue weighted by Crippen LogP contribution is -2.40. The van der Waals surface area contributed by atoms with Gasteiger partial charge in [-0.25, -0.2) is 4.72 Å². The van der Waals surface area contributed by atoms with Crippen molar-refractivity contribution in [2.75, 3.05) is 6.54 Å². The van der Waals surface area contributed by atoms with Gasteiger partial charge in [-0.3, -0.25) is 0 Å². The zero-order valence-electron chi connectivity index (χ0n) is 7.16. The summed E-state index contributed by atoms with van der Waals surface area (Å²) in [5, 5.41) is 8.14. The lowest BCUT2D eigenvalue weighted by molar-refractivity contribution is 0.556. The van der Waals surface area contributed by atoms with Crippen molar-refractivity contribution in [1.82, 2.24) is 9.44 Å². The van der Waals surface area contributed by atoms with Crippen LogP contribution in [0.25, 0.3) is 0 Å². The highest BCUT2D eigenvalue weighted by molar-refractivity contribution is 7.87. The van der Waals surface area contributed by atoms with Crippen LogP contribution in [0.15, 0.2) is 0 Å². The molecule has 2 N–H and O–H groups in total. The highest BCUT2D eigenvalue weighted by Crippen LogP contribution is 1.83. The molecule has 0 aliphatic rings. The molecular weight excluding hydrogens is 178 g/mol. The molecule has 70 valence electrons. The predicted molar refractivity (Wildman–Crippen MR) is 45.4 cm³/mol. The van der Waals surface area contributed by atoms with Crippen molar-refractivity contribution in [2.24, 2.45) is 0 Å². The van der Waals surface area contributed by atoms with Gasteiger partial charge in [-0.2, -0.15) is 18.4 Å². The molecular formula is C6H13N3O2S. The number of hydrogen-bond donors (Lipinski definition) is 2. The lowest BCUT2D eigenvalue weighted by atomic mass is 10.4. The van der Waals surface area contributed by atoms with Gasteiger partial charge in [-0.1, -0.05) is 0 Å². The molecule has 0 aliphatic carbocycles. The molecule has 0 spiro atoms. The number of nitrogens with zero attached hydrogens (tertiary/aromatic N) is 1. The van der Waals surface area contributed by atoms with E-state index in [0.717, 1.165) is 0 Å². The first-order chi connectivity index (χ1) is 5.48. The average Bonchev–Trinajstić information content (AvgIpc) is 1.84. The summed E-state index contributed by atoms with van der Waals surface area (Å²) in [6, 6.07) is 1.70. The Balaban J connectivity index is 3.83. The summed E-state index contributed by atoms with van der Waals surface area (Å²) in [5.41, 5.74) is 0. The van der Waals surface area contributed by atoms with E-state index >= 15 is 0 Å². The number of nitrogens with one attached hydrogen (secondary N) is 2. The Bertz CT molecular complexity index is 252. The van der Waals surface area contributed by atoms with E-state index in [0.29, 0.717) is 0 Å². The van der Waals surface area contributed by atoms with E-state index in [1.807, 2.05) is 6.07 Å². The first-order valence-electron chi connectivity index (χ1n) is 3.62. The van der Waals surface area contributed by atoms with Crippen LogP contribution in [0.4, 0.5) is 0 Å². The van der Waals surface area contributed by atoms with Gasteiger partial charge in [0.2, 0.25) is 0 Å². The maximum Gasteiger partial charge on any atom is 0.277 e. The van der Waals surface area contributed by atoms with Crippen LogP contribution >= 0.6 is 0 Å². The van der Waals surface area contributed by atoms with Crippen LogP contribution < -0.4 is 9.44 Å². The van der Waals surface area contributed by atoms with Gasteiger partial charge in [0.05, 0.1) is 6.07 Å². The van der Waals surface area contributed by atoms with Crippen molar-refractivity contribution >= 4 is 10.2 Å². The molecule has 0 aromatic heterocycles. The van der Waals surface area contributed by atoms with Gasteiger partial charge in [0.15, 0.2) is 0 Å². The van der Waals surface area contributed by atoms with Crippen LogP contribution in [0.3, 0.4) is 0 Å². The first kappa shape index (κ1) is 11.4. The van der Waals surface area contributed by atoms with Gasteiger partial charge in [0.25, 0.3) is 10.2 Å². The highest BCUT2D eigenvalue weighted by atomic mass is 32.2. The topological polar surface area (TPSA) is 82.0 Å². The smallest absolute Gasteiger partial charge is 0.201 e. The summed E-state index contributed by atoms with van der Waals surface area (Å²) in [5.74, 6) is 0. The molecule has 0 atom stereocenters. The number of nitriles is 1. The monoisotopic (exact) mass is 191 g/mol. The molecule has 0 aliphatic heterocycles. The van der Waals surface area contributed by atoms with E-state index in [2.05, 4.69) is 9.44 Å². The number of rotatable bonds is 5. The maximum atomic E-state index is 11.0. The zero-order valence-corrected chi connectivity index (χ0v) is 7.98. The third-order valence-corrected chi connectivity index (χ3v) is 2.29. The van der Waals surface area contributed by atoms with Crippen molar-refractivity contribution in [3.8, 4) is 6.07 Å². The minimum Gasteiger partial charge on any atom is -0.201 e. The minimum atomic E-state index is -3.40. The summed E-state index contributed by atoms with van der Waals surface area (Å²) in [4.78, 5) is 0. The SMILES string of the molecule is CC(C)NS(=O)(=O)NCCC#N. The summed E-state index contributed by atoms with van der Waals surface area (Å²) in [6.45, 7) is 3.60. The van der Waals surface area contributed by atoms with Gasteiger partial charge in [-0.05, 0) is 13.8 Å². The van der Waals surface area contributed by atoms with E-state index in [1.54, 1.807) is 13.8 Å². The molecule has 0 saturated heterocycles. The Kier molecular flexibility index (Phi) is 4.81. The Labute approximate surface area is 73.0 Å². The quantitative estimate of drug-likeness (QED) is 0.587. The van der Waals surface area contributed by atoms with Crippen LogP contribution in [0.1, 0.15) is 20.3 Å². The second-order valence-electron chi connectivity index (χ2n) is 2.58. The third-order valence-electron chi connectivity index (χ3n) is 0.920. The van der Waals surface area contributed by atoms with Crippen molar-refractivity contribution in [1.29, 1.82) is 5.26 Å². The van der Waals surface area contributed by atoms with Gasteiger partial charge in [0, 0.05) is 19.0 Å². The Morgan fingerprint density at radius 1 is 1.50 bits per heavy atom. The van der Waals surface area contributed by atoms with E-state index < -0.39 is 10.2 Å². The van der Waals surface area contributed by atoms with Gasteiger partial charge in [-0.15, -0.1) is 0 Å². The molecule has 5 nitrogen and oxygen atoms in total. The molecule has 0 unspecified atom stereocenters. The fraction of sp³-hybridized carbons (Fsp3) is 0.833. The van der Waals surface area contributed by atoms with Crippen LogP contribution in [-0.4, -0.2) is 21.0 Å². The molecule has 0 aromatic rings. The summed E-state index contributed by atoms with van der Waals surface area (Å²) >= 11 is 0. The van der Waals surface area contributed by atoms with Crippen molar-refractivity contribution in [2.45, 2.75) is 26.3 Å². The van der Waals surface area contributed by atoms with Gasteiger partial charge < -0.3 is 0 Å². The van der Waals surface area contributed by atoms with Crippen LogP contribution in [0.5, 0.6) is 0 Å². The standard InChI is InChI=1S/C6H13N3O2S/c1-6(2)9-12(10,11)8-5-3-4-7/h6,8-9H,3,5H2,1-2H3. The van der Waals surface area contributed by atoms with Crippen molar-refractivity contribution in [3.63, 3.8) is 0 Å². The number of hydrogen-bond acceptors (Lipinski definition) is 3. The Morgan fingerprint density at radius 3 is 2.50 bits per heavy atom. The van der Waals surface area contributed by atoms with E-state index in [-0.39, 0.29) is 19.0 Å².